The third-order valence-electron chi connectivity index (χ3n) is 3.27. The van der Waals surface area contributed by atoms with Crippen molar-refractivity contribution >= 4 is 33.3 Å². The lowest BCUT2D eigenvalue weighted by molar-refractivity contribution is 0.100. The van der Waals surface area contributed by atoms with Gasteiger partial charge in [-0.3, -0.25) is 4.79 Å². The van der Waals surface area contributed by atoms with Crippen LogP contribution < -0.4 is 17.0 Å². The minimum Gasteiger partial charge on any atom is -0.366 e. The molecule has 6 nitrogen and oxygen atoms in total. The highest BCUT2D eigenvalue weighted by Gasteiger charge is 2.15. The number of carbonyl (C=O) groups excluding carboxylic acids is 1. The first-order valence-corrected chi connectivity index (χ1v) is 7.04. The van der Waals surface area contributed by atoms with Crippen LogP contribution in [0.25, 0.3) is 20.7 Å². The SMILES string of the molecule is Cc1c(-c2ccc(C(N)=O)cc2)sc2c(NN)ncnc12. The Bertz CT molecular complexity index is 825. The summed E-state index contributed by atoms with van der Waals surface area (Å²) in [5, 5.41) is 0. The number of nitrogens with two attached hydrogens (primary N) is 2. The lowest BCUT2D eigenvalue weighted by Gasteiger charge is -2.01. The number of nitrogen functional groups attached to an aromatic ring is 1. The molecule has 0 saturated carbocycles. The number of thiophene rings is 1. The Morgan fingerprint density at radius 2 is 1.95 bits per heavy atom. The van der Waals surface area contributed by atoms with E-state index < -0.39 is 5.91 Å². The van der Waals surface area contributed by atoms with Gasteiger partial charge >= 0.3 is 0 Å². The van der Waals surface area contributed by atoms with Crippen molar-refractivity contribution in [2.24, 2.45) is 11.6 Å². The summed E-state index contributed by atoms with van der Waals surface area (Å²) < 4.78 is 0.909. The second-order valence-corrected chi connectivity index (χ2v) is 5.56. The minimum absolute atomic E-state index is 0.435. The lowest BCUT2D eigenvalue weighted by Crippen LogP contribution is -2.10. The molecule has 106 valence electrons. The maximum absolute atomic E-state index is 11.1. The second kappa shape index (κ2) is 5.12. The molecule has 1 aromatic carbocycles. The average Bonchev–Trinajstić information content (AvgIpc) is 2.85. The minimum atomic E-state index is -0.435. The van der Waals surface area contributed by atoms with Gasteiger partial charge in [-0.1, -0.05) is 12.1 Å². The lowest BCUT2D eigenvalue weighted by atomic mass is 10.1. The van der Waals surface area contributed by atoms with Gasteiger partial charge in [0.25, 0.3) is 0 Å². The first kappa shape index (κ1) is 13.5. The molecular weight excluding hydrogens is 286 g/mol. The molecule has 0 saturated heterocycles. The van der Waals surface area contributed by atoms with Crippen molar-refractivity contribution in [2.45, 2.75) is 6.92 Å². The molecule has 0 atom stereocenters. The Morgan fingerprint density at radius 1 is 1.24 bits per heavy atom. The Labute approximate surface area is 124 Å². The summed E-state index contributed by atoms with van der Waals surface area (Å²) in [5.41, 5.74) is 11.3. The number of nitrogens with zero attached hydrogens (tertiary/aromatic N) is 2. The van der Waals surface area contributed by atoms with Crippen molar-refractivity contribution in [3.63, 3.8) is 0 Å². The van der Waals surface area contributed by atoms with E-state index in [1.54, 1.807) is 23.5 Å². The number of hydrogen-bond acceptors (Lipinski definition) is 6. The number of hydrogen-bond donors (Lipinski definition) is 3. The van der Waals surface area contributed by atoms with Gasteiger partial charge in [0.2, 0.25) is 5.91 Å². The van der Waals surface area contributed by atoms with E-state index in [4.69, 9.17) is 11.6 Å². The molecule has 21 heavy (non-hydrogen) atoms. The quantitative estimate of drug-likeness (QED) is 0.507. The van der Waals surface area contributed by atoms with Crippen molar-refractivity contribution in [1.82, 2.24) is 9.97 Å². The standard InChI is InChI=1S/C14H13N5OS/c1-7-10-12(14(19-16)18-6-17-10)21-11(7)8-2-4-9(5-3-8)13(15)20/h2-6H,16H2,1H3,(H2,15,20)(H,17,18,19). The number of aryl methyl sites for hydroxylation is 1. The zero-order chi connectivity index (χ0) is 15.0. The largest absolute Gasteiger partial charge is 0.366 e. The average molecular weight is 299 g/mol. The monoisotopic (exact) mass is 299 g/mol. The Kier molecular flexibility index (Phi) is 3.28. The summed E-state index contributed by atoms with van der Waals surface area (Å²) in [4.78, 5) is 20.6. The molecule has 0 fully saturated rings. The molecule has 3 aromatic rings. The topological polar surface area (TPSA) is 107 Å². The van der Waals surface area contributed by atoms with E-state index in [0.29, 0.717) is 11.4 Å². The summed E-state index contributed by atoms with van der Waals surface area (Å²) in [6.07, 6.45) is 1.48. The number of anilines is 1. The number of benzene rings is 1. The summed E-state index contributed by atoms with van der Waals surface area (Å²) in [6, 6.07) is 7.19. The van der Waals surface area contributed by atoms with E-state index in [2.05, 4.69) is 15.4 Å². The van der Waals surface area contributed by atoms with Gasteiger partial charge in [0.1, 0.15) is 6.33 Å². The van der Waals surface area contributed by atoms with Gasteiger partial charge < -0.3 is 11.2 Å². The molecule has 7 heteroatoms. The normalized spacial score (nSPS) is 10.8. The molecule has 5 N–H and O–H groups in total. The first-order chi connectivity index (χ1) is 10.1. The van der Waals surface area contributed by atoms with Crippen LogP contribution in [0.15, 0.2) is 30.6 Å². The Balaban J connectivity index is 2.16. The van der Waals surface area contributed by atoms with Gasteiger partial charge in [0, 0.05) is 10.4 Å². The number of rotatable bonds is 3. The van der Waals surface area contributed by atoms with Crippen molar-refractivity contribution in [1.29, 1.82) is 0 Å². The highest BCUT2D eigenvalue weighted by Crippen LogP contribution is 2.39. The molecule has 0 spiro atoms. The van der Waals surface area contributed by atoms with E-state index in [1.165, 1.54) is 6.33 Å². The van der Waals surface area contributed by atoms with Crippen LogP contribution in [0.5, 0.6) is 0 Å². The summed E-state index contributed by atoms with van der Waals surface area (Å²) in [7, 11) is 0. The molecule has 2 heterocycles. The number of amides is 1. The number of nitrogens with one attached hydrogen (secondary N) is 1. The third-order valence-corrected chi connectivity index (χ3v) is 4.61. The van der Waals surface area contributed by atoms with E-state index in [0.717, 1.165) is 26.2 Å². The van der Waals surface area contributed by atoms with Gasteiger partial charge in [-0.15, -0.1) is 11.3 Å². The number of primary amides is 1. The number of carbonyl (C=O) groups is 1. The molecule has 3 rings (SSSR count). The zero-order valence-electron chi connectivity index (χ0n) is 11.3. The molecule has 0 aliphatic heterocycles. The van der Waals surface area contributed by atoms with Crippen LogP contribution in [0.3, 0.4) is 0 Å². The second-order valence-electron chi connectivity index (χ2n) is 4.54. The molecule has 0 aliphatic carbocycles. The fraction of sp³-hybridized carbons (Fsp3) is 0.0714. The molecule has 0 aliphatic rings. The predicted octanol–water partition coefficient (Wildman–Crippen LogP) is 2.05. The van der Waals surface area contributed by atoms with E-state index in [-0.39, 0.29) is 0 Å². The molecule has 0 unspecified atom stereocenters. The predicted molar refractivity (Wildman–Crippen MR) is 83.9 cm³/mol. The molecule has 2 aromatic heterocycles. The maximum atomic E-state index is 11.1. The highest BCUT2D eigenvalue weighted by atomic mass is 32.1. The Morgan fingerprint density at radius 3 is 2.57 bits per heavy atom. The molecular formula is C14H13N5OS. The van der Waals surface area contributed by atoms with E-state index in [9.17, 15) is 4.79 Å². The zero-order valence-corrected chi connectivity index (χ0v) is 12.1. The fourth-order valence-electron chi connectivity index (χ4n) is 2.19. The number of hydrazine groups is 1. The van der Waals surface area contributed by atoms with Crippen LogP contribution in [-0.4, -0.2) is 15.9 Å². The fourth-order valence-corrected chi connectivity index (χ4v) is 3.41. The summed E-state index contributed by atoms with van der Waals surface area (Å²) in [6.45, 7) is 2.00. The van der Waals surface area contributed by atoms with E-state index in [1.807, 2.05) is 19.1 Å². The summed E-state index contributed by atoms with van der Waals surface area (Å²) >= 11 is 1.56. The van der Waals surface area contributed by atoms with Crippen molar-refractivity contribution in [3.05, 3.63) is 41.7 Å². The molecule has 0 radical (unpaired) electrons. The van der Waals surface area contributed by atoms with Crippen LogP contribution in [0.2, 0.25) is 0 Å². The van der Waals surface area contributed by atoms with Gasteiger partial charge in [0.15, 0.2) is 5.82 Å². The third kappa shape index (κ3) is 2.22. The maximum Gasteiger partial charge on any atom is 0.248 e. The van der Waals surface area contributed by atoms with Crippen LogP contribution in [0.1, 0.15) is 15.9 Å². The van der Waals surface area contributed by atoms with Crippen molar-refractivity contribution < 1.29 is 4.79 Å². The van der Waals surface area contributed by atoms with Crippen molar-refractivity contribution in [3.8, 4) is 10.4 Å². The highest BCUT2D eigenvalue weighted by molar-refractivity contribution is 7.23. The van der Waals surface area contributed by atoms with E-state index >= 15 is 0 Å². The van der Waals surface area contributed by atoms with Crippen molar-refractivity contribution in [2.75, 3.05) is 5.43 Å². The van der Waals surface area contributed by atoms with Crippen LogP contribution in [0, 0.1) is 6.92 Å². The van der Waals surface area contributed by atoms with Gasteiger partial charge in [-0.25, -0.2) is 15.8 Å². The van der Waals surface area contributed by atoms with Gasteiger partial charge in [0.05, 0.1) is 10.2 Å². The number of fused-ring (bicyclic) bond motifs is 1. The first-order valence-electron chi connectivity index (χ1n) is 6.22. The molecule has 0 bridgehead atoms. The smallest absolute Gasteiger partial charge is 0.248 e. The Hall–Kier alpha value is -2.51. The van der Waals surface area contributed by atoms with Crippen LogP contribution >= 0.6 is 11.3 Å². The van der Waals surface area contributed by atoms with Gasteiger partial charge in [-0.2, -0.15) is 0 Å². The van der Waals surface area contributed by atoms with Crippen LogP contribution in [0.4, 0.5) is 5.82 Å². The number of aromatic nitrogens is 2. The van der Waals surface area contributed by atoms with Crippen LogP contribution in [-0.2, 0) is 0 Å². The molecule has 1 amide bonds. The summed E-state index contributed by atoms with van der Waals surface area (Å²) in [5.74, 6) is 5.65. The van der Waals surface area contributed by atoms with Gasteiger partial charge in [-0.05, 0) is 30.2 Å².